The first-order valence-corrected chi connectivity index (χ1v) is 7.44. The Balaban J connectivity index is 2.75. The third kappa shape index (κ3) is 4.11. The lowest BCUT2D eigenvalue weighted by molar-refractivity contribution is 0.433. The number of hydrogen-bond acceptors (Lipinski definition) is 1. The summed E-state index contributed by atoms with van der Waals surface area (Å²) in [6, 6.07) is 5.07. The number of benzene rings is 1. The van der Waals surface area contributed by atoms with Crippen LogP contribution in [-0.2, 0) is 6.54 Å². The first kappa shape index (κ1) is 14.7. The molecule has 96 valence electrons. The first-order valence-electron chi connectivity index (χ1n) is 6.31. The summed E-state index contributed by atoms with van der Waals surface area (Å²) in [7, 11) is 0. The minimum absolute atomic E-state index is 0.537. The Bertz CT molecular complexity index is 348. The van der Waals surface area contributed by atoms with Crippen molar-refractivity contribution in [2.24, 2.45) is 5.92 Å². The second kappa shape index (κ2) is 6.55. The van der Waals surface area contributed by atoms with Gasteiger partial charge in [0.1, 0.15) is 0 Å². The molecule has 1 aromatic carbocycles. The van der Waals surface area contributed by atoms with E-state index in [9.17, 15) is 0 Å². The molecule has 0 aliphatic carbocycles. The van der Waals surface area contributed by atoms with Crippen LogP contribution in [0, 0.1) is 26.7 Å². The molecule has 0 saturated heterocycles. The van der Waals surface area contributed by atoms with Crippen molar-refractivity contribution in [1.29, 1.82) is 0 Å². The van der Waals surface area contributed by atoms with Gasteiger partial charge < -0.3 is 5.32 Å². The normalized spacial score (nSPS) is 13.1. The fraction of sp³-hybridized carbons (Fsp3) is 0.600. The van der Waals surface area contributed by atoms with E-state index in [0.717, 1.165) is 11.9 Å². The molecule has 0 aliphatic heterocycles. The van der Waals surface area contributed by atoms with Gasteiger partial charge in [-0.15, -0.1) is 0 Å². The fourth-order valence-electron chi connectivity index (χ4n) is 2.19. The molecule has 0 aromatic heterocycles. The quantitative estimate of drug-likeness (QED) is 0.806. The monoisotopic (exact) mass is 297 g/mol. The molecule has 0 spiro atoms. The third-order valence-electron chi connectivity index (χ3n) is 3.35. The van der Waals surface area contributed by atoms with Gasteiger partial charge in [-0.2, -0.15) is 0 Å². The molecular formula is C15H24BrN. The van der Waals surface area contributed by atoms with Crippen LogP contribution in [0.25, 0.3) is 0 Å². The van der Waals surface area contributed by atoms with Crippen LogP contribution in [0.1, 0.15) is 36.1 Å². The van der Waals surface area contributed by atoms with Gasteiger partial charge in [0.15, 0.2) is 0 Å². The maximum Gasteiger partial charge on any atom is 0.0213 e. The van der Waals surface area contributed by atoms with E-state index >= 15 is 0 Å². The van der Waals surface area contributed by atoms with Gasteiger partial charge in [-0.3, -0.25) is 0 Å². The second-order valence-corrected chi connectivity index (χ2v) is 5.91. The maximum atomic E-state index is 3.64. The number of hydrogen-bond donors (Lipinski definition) is 1. The molecule has 0 saturated carbocycles. The van der Waals surface area contributed by atoms with Gasteiger partial charge >= 0.3 is 0 Å². The van der Waals surface area contributed by atoms with Crippen molar-refractivity contribution in [3.8, 4) is 0 Å². The predicted octanol–water partition coefficient (Wildman–Crippen LogP) is 4.12. The SMILES string of the molecule is Cc1cc(C)c(CNC(CBr)C(C)C)c(C)c1. The van der Waals surface area contributed by atoms with E-state index in [4.69, 9.17) is 0 Å². The highest BCUT2D eigenvalue weighted by Gasteiger charge is 2.12. The molecule has 0 radical (unpaired) electrons. The summed E-state index contributed by atoms with van der Waals surface area (Å²) in [6.07, 6.45) is 0. The van der Waals surface area contributed by atoms with E-state index in [2.05, 4.69) is 68.0 Å². The minimum Gasteiger partial charge on any atom is -0.309 e. The molecule has 0 heterocycles. The molecule has 0 fully saturated rings. The third-order valence-corrected chi connectivity index (χ3v) is 4.05. The molecule has 1 unspecified atom stereocenters. The summed E-state index contributed by atoms with van der Waals surface area (Å²) in [5.41, 5.74) is 5.59. The zero-order valence-corrected chi connectivity index (χ0v) is 13.2. The lowest BCUT2D eigenvalue weighted by Crippen LogP contribution is -2.35. The molecule has 1 atom stereocenters. The van der Waals surface area contributed by atoms with Gasteiger partial charge in [0, 0.05) is 17.9 Å². The highest BCUT2D eigenvalue weighted by atomic mass is 79.9. The van der Waals surface area contributed by atoms with Gasteiger partial charge in [0.2, 0.25) is 0 Å². The van der Waals surface area contributed by atoms with Crippen LogP contribution >= 0.6 is 15.9 Å². The highest BCUT2D eigenvalue weighted by molar-refractivity contribution is 9.09. The second-order valence-electron chi connectivity index (χ2n) is 5.26. The van der Waals surface area contributed by atoms with E-state index < -0.39 is 0 Å². The fourth-order valence-corrected chi connectivity index (χ4v) is 3.17. The van der Waals surface area contributed by atoms with E-state index in [1.165, 1.54) is 22.3 Å². The summed E-state index contributed by atoms with van der Waals surface area (Å²) in [6.45, 7) is 12.0. The molecule has 1 rings (SSSR count). The summed E-state index contributed by atoms with van der Waals surface area (Å²) in [5, 5.41) is 4.65. The van der Waals surface area contributed by atoms with Crippen molar-refractivity contribution < 1.29 is 0 Å². The first-order chi connectivity index (χ1) is 7.95. The van der Waals surface area contributed by atoms with Gasteiger partial charge in [0.05, 0.1) is 0 Å². The van der Waals surface area contributed by atoms with Gasteiger partial charge in [-0.05, 0) is 43.4 Å². The largest absolute Gasteiger partial charge is 0.309 e. The Morgan fingerprint density at radius 1 is 1.12 bits per heavy atom. The molecule has 1 aromatic rings. The zero-order valence-electron chi connectivity index (χ0n) is 11.6. The molecule has 1 N–H and O–H groups in total. The molecule has 17 heavy (non-hydrogen) atoms. The van der Waals surface area contributed by atoms with Crippen molar-refractivity contribution in [3.63, 3.8) is 0 Å². The van der Waals surface area contributed by atoms with Gasteiger partial charge in [-0.1, -0.05) is 47.5 Å². The Morgan fingerprint density at radius 3 is 2.06 bits per heavy atom. The van der Waals surface area contributed by atoms with Crippen molar-refractivity contribution in [2.75, 3.05) is 5.33 Å². The topological polar surface area (TPSA) is 12.0 Å². The van der Waals surface area contributed by atoms with Gasteiger partial charge in [-0.25, -0.2) is 0 Å². The van der Waals surface area contributed by atoms with Crippen molar-refractivity contribution >= 4 is 15.9 Å². The predicted molar refractivity (Wildman–Crippen MR) is 79.9 cm³/mol. The summed E-state index contributed by atoms with van der Waals surface area (Å²) in [4.78, 5) is 0. The Hall–Kier alpha value is -0.340. The summed E-state index contributed by atoms with van der Waals surface area (Å²) >= 11 is 3.58. The summed E-state index contributed by atoms with van der Waals surface area (Å²) < 4.78 is 0. The van der Waals surface area contributed by atoms with Crippen LogP contribution in [-0.4, -0.2) is 11.4 Å². The Kier molecular flexibility index (Phi) is 5.68. The lowest BCUT2D eigenvalue weighted by Gasteiger charge is -2.21. The van der Waals surface area contributed by atoms with Crippen molar-refractivity contribution in [3.05, 3.63) is 34.4 Å². The number of alkyl halides is 1. The zero-order chi connectivity index (χ0) is 13.0. The summed E-state index contributed by atoms with van der Waals surface area (Å²) in [5.74, 6) is 0.653. The molecule has 0 amide bonds. The average molecular weight is 298 g/mol. The van der Waals surface area contributed by atoms with E-state index in [1.54, 1.807) is 0 Å². The number of nitrogens with one attached hydrogen (secondary N) is 1. The maximum absolute atomic E-state index is 3.64. The number of rotatable bonds is 5. The number of halogens is 1. The lowest BCUT2D eigenvalue weighted by atomic mass is 9.99. The van der Waals surface area contributed by atoms with Crippen molar-refractivity contribution in [2.45, 2.75) is 47.2 Å². The number of aryl methyl sites for hydroxylation is 3. The molecule has 0 aliphatic rings. The minimum atomic E-state index is 0.537. The average Bonchev–Trinajstić information content (AvgIpc) is 2.21. The van der Waals surface area contributed by atoms with Crippen molar-refractivity contribution in [1.82, 2.24) is 5.32 Å². The van der Waals surface area contributed by atoms with Gasteiger partial charge in [0.25, 0.3) is 0 Å². The van der Waals surface area contributed by atoms with Crippen LogP contribution in [0.3, 0.4) is 0 Å². The van der Waals surface area contributed by atoms with E-state index in [-0.39, 0.29) is 0 Å². The van der Waals surface area contributed by atoms with E-state index in [1.807, 2.05) is 0 Å². The van der Waals surface area contributed by atoms with Crippen LogP contribution in [0.15, 0.2) is 12.1 Å². The van der Waals surface area contributed by atoms with Crippen LogP contribution < -0.4 is 5.32 Å². The van der Waals surface area contributed by atoms with Crippen LogP contribution in [0.2, 0.25) is 0 Å². The smallest absolute Gasteiger partial charge is 0.0213 e. The highest BCUT2D eigenvalue weighted by Crippen LogP contribution is 2.17. The Morgan fingerprint density at radius 2 is 1.65 bits per heavy atom. The molecule has 0 bridgehead atoms. The Labute approximate surface area is 114 Å². The molecule has 2 heteroatoms. The standard InChI is InChI=1S/C15H24BrN/c1-10(2)15(8-16)17-9-14-12(4)6-11(3)7-13(14)5/h6-7,10,15,17H,8-9H2,1-5H3. The molecular weight excluding hydrogens is 274 g/mol. The van der Waals surface area contributed by atoms with Crippen LogP contribution in [0.5, 0.6) is 0 Å². The van der Waals surface area contributed by atoms with Crippen LogP contribution in [0.4, 0.5) is 0 Å². The van der Waals surface area contributed by atoms with E-state index in [0.29, 0.717) is 12.0 Å². The molecule has 1 nitrogen and oxygen atoms in total.